The average Bonchev–Trinajstić information content (AvgIpc) is 3.59. The predicted octanol–water partition coefficient (Wildman–Crippen LogP) is 5.86. The van der Waals surface area contributed by atoms with Gasteiger partial charge in [0.15, 0.2) is 0 Å². The number of aromatic nitrogens is 3. The van der Waals surface area contributed by atoms with Crippen molar-refractivity contribution in [2.75, 3.05) is 5.32 Å². The number of nitrogens with zero attached hydrogens (tertiary/aromatic N) is 3. The van der Waals surface area contributed by atoms with Crippen LogP contribution >= 0.6 is 0 Å². The minimum atomic E-state index is -0.287. The van der Waals surface area contributed by atoms with Gasteiger partial charge in [-0.1, -0.05) is 50.5 Å². The Morgan fingerprint density at radius 1 is 1.06 bits per heavy atom. The first-order valence-electron chi connectivity index (χ1n) is 12.6. The molecule has 35 heavy (non-hydrogen) atoms. The zero-order chi connectivity index (χ0) is 24.6. The number of Topliss-reactive ketones (excluding diaryl/α,β-unsaturated/α-hetero) is 1. The zero-order valence-electron chi connectivity index (χ0n) is 20.6. The third-order valence-corrected chi connectivity index (χ3v) is 6.87. The lowest BCUT2D eigenvalue weighted by Gasteiger charge is -2.17. The van der Waals surface area contributed by atoms with E-state index in [1.165, 1.54) is 11.1 Å². The molecule has 2 aromatic heterocycles. The number of fused-ring (bicyclic) bond motifs is 1. The van der Waals surface area contributed by atoms with E-state index in [-0.39, 0.29) is 34.8 Å². The molecule has 5 rings (SSSR count). The Hall–Kier alpha value is -3.35. The van der Waals surface area contributed by atoms with Gasteiger partial charge in [-0.05, 0) is 72.4 Å². The molecule has 1 saturated carbocycles. The van der Waals surface area contributed by atoms with E-state index in [4.69, 9.17) is 4.52 Å². The molecule has 1 amide bonds. The maximum Gasteiger partial charge on any atom is 0.238 e. The van der Waals surface area contributed by atoms with Crippen molar-refractivity contribution in [3.8, 4) is 11.1 Å². The lowest BCUT2D eigenvalue weighted by atomic mass is 9.87. The molecule has 7 heteroatoms. The van der Waals surface area contributed by atoms with Gasteiger partial charge < -0.3 is 9.84 Å². The van der Waals surface area contributed by atoms with E-state index in [1.807, 2.05) is 32.9 Å². The highest BCUT2D eigenvalue weighted by Crippen LogP contribution is 2.36. The van der Waals surface area contributed by atoms with E-state index in [1.54, 1.807) is 6.20 Å². The highest BCUT2D eigenvalue weighted by molar-refractivity contribution is 5.94. The number of carbonyl (C=O) groups is 2. The summed E-state index contributed by atoms with van der Waals surface area (Å²) in [6.07, 6.45) is 8.17. The number of amides is 1. The van der Waals surface area contributed by atoms with Crippen molar-refractivity contribution in [1.29, 1.82) is 0 Å². The summed E-state index contributed by atoms with van der Waals surface area (Å²) in [6, 6.07) is 10.4. The van der Waals surface area contributed by atoms with Crippen LogP contribution in [0.1, 0.15) is 92.9 Å². The molecular formula is C28H32N4O3. The van der Waals surface area contributed by atoms with Crippen LogP contribution in [0.4, 0.5) is 5.82 Å². The first-order valence-corrected chi connectivity index (χ1v) is 12.6. The summed E-state index contributed by atoms with van der Waals surface area (Å²) < 4.78 is 5.34. The van der Waals surface area contributed by atoms with Gasteiger partial charge in [-0.15, -0.1) is 0 Å². The van der Waals surface area contributed by atoms with Crippen LogP contribution in [0.5, 0.6) is 0 Å². The van der Waals surface area contributed by atoms with Gasteiger partial charge in [-0.3, -0.25) is 9.59 Å². The maximum atomic E-state index is 13.0. The summed E-state index contributed by atoms with van der Waals surface area (Å²) in [7, 11) is 0. The molecule has 182 valence electrons. The molecule has 2 aliphatic rings. The van der Waals surface area contributed by atoms with Gasteiger partial charge in [0.05, 0.1) is 0 Å². The van der Waals surface area contributed by atoms with Gasteiger partial charge in [-0.25, -0.2) is 4.98 Å². The van der Waals surface area contributed by atoms with Gasteiger partial charge in [0, 0.05) is 24.0 Å². The number of ketones is 1. The minimum Gasteiger partial charge on any atom is -0.338 e. The molecule has 0 unspecified atom stereocenters. The van der Waals surface area contributed by atoms with E-state index in [0.717, 1.165) is 49.7 Å². The molecule has 0 saturated heterocycles. The fourth-order valence-electron chi connectivity index (χ4n) is 4.68. The van der Waals surface area contributed by atoms with E-state index < -0.39 is 0 Å². The van der Waals surface area contributed by atoms with Crippen LogP contribution in [0.15, 0.2) is 41.1 Å². The predicted molar refractivity (Wildman–Crippen MR) is 133 cm³/mol. The topological polar surface area (TPSA) is 98.0 Å². The van der Waals surface area contributed by atoms with Crippen molar-refractivity contribution >= 4 is 17.5 Å². The minimum absolute atomic E-state index is 0.0558. The number of anilines is 1. The van der Waals surface area contributed by atoms with Crippen LogP contribution in [0.2, 0.25) is 0 Å². The Morgan fingerprint density at radius 3 is 2.60 bits per heavy atom. The highest BCUT2D eigenvalue weighted by atomic mass is 16.5. The number of benzene rings is 1. The largest absolute Gasteiger partial charge is 0.338 e. The molecule has 0 aliphatic heterocycles. The average molecular weight is 473 g/mol. The Labute approximate surface area is 205 Å². The number of pyridine rings is 1. The van der Waals surface area contributed by atoms with Crippen LogP contribution in [0.25, 0.3) is 11.1 Å². The van der Waals surface area contributed by atoms with Crippen LogP contribution in [-0.4, -0.2) is 26.8 Å². The SMILES string of the molecule is CC(C)(C)c1nc(C(=O)C[C@@H]2CCCCc3cc(-c4ccnc(NC(=O)C5CC5)c4)ccc32)no1. The normalized spacial score (nSPS) is 18.0. The Balaban J connectivity index is 1.35. The van der Waals surface area contributed by atoms with Gasteiger partial charge in [0.2, 0.25) is 23.4 Å². The molecule has 0 bridgehead atoms. The molecule has 1 atom stereocenters. The van der Waals surface area contributed by atoms with Crippen LogP contribution in [0.3, 0.4) is 0 Å². The summed E-state index contributed by atoms with van der Waals surface area (Å²) in [6.45, 7) is 5.96. The van der Waals surface area contributed by atoms with E-state index in [9.17, 15) is 9.59 Å². The number of hydrogen-bond acceptors (Lipinski definition) is 6. The van der Waals surface area contributed by atoms with E-state index in [2.05, 4.69) is 38.6 Å². The molecule has 1 aromatic carbocycles. The summed E-state index contributed by atoms with van der Waals surface area (Å²) >= 11 is 0. The van der Waals surface area contributed by atoms with Crippen molar-refractivity contribution in [2.24, 2.45) is 5.92 Å². The van der Waals surface area contributed by atoms with Gasteiger partial charge in [0.1, 0.15) is 5.82 Å². The van der Waals surface area contributed by atoms with Crippen LogP contribution < -0.4 is 5.32 Å². The molecule has 0 spiro atoms. The Morgan fingerprint density at radius 2 is 1.86 bits per heavy atom. The van der Waals surface area contributed by atoms with Gasteiger partial charge in [-0.2, -0.15) is 4.98 Å². The Bertz CT molecular complexity index is 1250. The first-order chi connectivity index (χ1) is 16.8. The quantitative estimate of drug-likeness (QED) is 0.356. The second kappa shape index (κ2) is 9.36. The first kappa shape index (κ1) is 23.4. The molecule has 2 aliphatic carbocycles. The molecular weight excluding hydrogens is 440 g/mol. The summed E-state index contributed by atoms with van der Waals surface area (Å²) in [4.78, 5) is 33.8. The Kier molecular flexibility index (Phi) is 6.26. The van der Waals surface area contributed by atoms with Crippen LogP contribution in [0, 0.1) is 5.92 Å². The molecule has 2 heterocycles. The van der Waals surface area contributed by atoms with Crippen molar-refractivity contribution in [3.63, 3.8) is 0 Å². The molecule has 0 radical (unpaired) electrons. The molecule has 3 aromatic rings. The highest BCUT2D eigenvalue weighted by Gasteiger charge is 2.30. The molecule has 1 N–H and O–H groups in total. The summed E-state index contributed by atoms with van der Waals surface area (Å²) in [5.41, 5.74) is 4.34. The number of aryl methyl sites for hydroxylation is 1. The number of hydrogen-bond donors (Lipinski definition) is 1. The second-order valence-corrected chi connectivity index (χ2v) is 10.9. The van der Waals surface area contributed by atoms with Crippen molar-refractivity contribution in [2.45, 2.75) is 77.0 Å². The van der Waals surface area contributed by atoms with E-state index >= 15 is 0 Å². The summed E-state index contributed by atoms with van der Waals surface area (Å²) in [5.74, 6) is 1.51. The maximum absolute atomic E-state index is 13.0. The number of nitrogens with one attached hydrogen (secondary N) is 1. The van der Waals surface area contributed by atoms with Gasteiger partial charge >= 0.3 is 0 Å². The molecule has 1 fully saturated rings. The number of rotatable bonds is 6. The lowest BCUT2D eigenvalue weighted by Crippen LogP contribution is -2.14. The fraction of sp³-hybridized carbons (Fsp3) is 0.464. The molecule has 7 nitrogen and oxygen atoms in total. The van der Waals surface area contributed by atoms with Crippen molar-refractivity contribution in [3.05, 3.63) is 59.4 Å². The second-order valence-electron chi connectivity index (χ2n) is 10.9. The van der Waals surface area contributed by atoms with Gasteiger partial charge in [0.25, 0.3) is 0 Å². The lowest BCUT2D eigenvalue weighted by molar-refractivity contribution is -0.117. The third kappa shape index (κ3) is 5.34. The van der Waals surface area contributed by atoms with Crippen molar-refractivity contribution < 1.29 is 14.1 Å². The smallest absolute Gasteiger partial charge is 0.238 e. The fourth-order valence-corrected chi connectivity index (χ4v) is 4.68. The van der Waals surface area contributed by atoms with Crippen molar-refractivity contribution in [1.82, 2.24) is 15.1 Å². The monoisotopic (exact) mass is 472 g/mol. The zero-order valence-corrected chi connectivity index (χ0v) is 20.6. The number of carbonyl (C=O) groups excluding carboxylic acids is 2. The van der Waals surface area contributed by atoms with Crippen LogP contribution in [-0.2, 0) is 16.6 Å². The third-order valence-electron chi connectivity index (χ3n) is 6.87. The summed E-state index contributed by atoms with van der Waals surface area (Å²) in [5, 5.41) is 6.89. The standard InChI is InChI=1S/C28H32N4O3/c1-28(2,3)27-31-25(32-35-27)23(33)15-21-7-5-4-6-20-14-18(10-11-22(20)21)19-12-13-29-24(16-19)30-26(34)17-8-9-17/h10-14,16-17,21H,4-9,15H2,1-3H3,(H,29,30,34)/t21-/m0/s1. The van der Waals surface area contributed by atoms with E-state index in [0.29, 0.717) is 18.1 Å².